The van der Waals surface area contributed by atoms with Crippen LogP contribution in [0, 0.1) is 0 Å². The van der Waals surface area contributed by atoms with Crippen molar-refractivity contribution < 1.29 is 4.74 Å². The molecule has 1 fully saturated rings. The van der Waals surface area contributed by atoms with Crippen LogP contribution in [0.5, 0.6) is 0 Å². The average Bonchev–Trinajstić information content (AvgIpc) is 3.21. The summed E-state index contributed by atoms with van der Waals surface area (Å²) in [5.41, 5.74) is 10.9. The summed E-state index contributed by atoms with van der Waals surface area (Å²) in [6, 6.07) is 10.2. The summed E-state index contributed by atoms with van der Waals surface area (Å²) in [6.07, 6.45) is 6.10. The van der Waals surface area contributed by atoms with E-state index in [4.69, 9.17) is 15.5 Å². The van der Waals surface area contributed by atoms with Crippen molar-refractivity contribution in [3.05, 3.63) is 52.9 Å². The van der Waals surface area contributed by atoms with Gasteiger partial charge in [0.05, 0.1) is 28.0 Å². The lowest BCUT2D eigenvalue weighted by Crippen LogP contribution is -2.36. The van der Waals surface area contributed by atoms with Crippen molar-refractivity contribution in [2.24, 2.45) is 0 Å². The lowest BCUT2D eigenvalue weighted by Gasteiger charge is -2.31. The number of aromatic nitrogens is 4. The lowest BCUT2D eigenvalue weighted by molar-refractivity contribution is 0.0385. The van der Waals surface area contributed by atoms with Gasteiger partial charge in [0.25, 0.3) is 0 Å². The smallest absolute Gasteiger partial charge is 0.165 e. The van der Waals surface area contributed by atoms with E-state index in [9.17, 15) is 0 Å². The van der Waals surface area contributed by atoms with E-state index in [1.54, 1.807) is 11.6 Å². The summed E-state index contributed by atoms with van der Waals surface area (Å²) < 4.78 is 7.98. The Labute approximate surface area is 183 Å². The molecule has 3 aromatic heterocycles. The summed E-state index contributed by atoms with van der Waals surface area (Å²) in [6.45, 7) is 2.70. The molecule has 0 saturated carbocycles. The maximum Gasteiger partial charge on any atom is 0.165 e. The van der Waals surface area contributed by atoms with Gasteiger partial charge in [0, 0.05) is 49.5 Å². The van der Waals surface area contributed by atoms with Crippen molar-refractivity contribution in [3.8, 4) is 11.1 Å². The number of benzene rings is 1. The van der Waals surface area contributed by atoms with Gasteiger partial charge in [0.15, 0.2) is 5.65 Å². The molecule has 0 spiro atoms. The van der Waals surface area contributed by atoms with E-state index in [1.165, 1.54) is 0 Å². The molecular weight excluding hydrogens is 444 g/mol. The second-order valence-corrected chi connectivity index (χ2v) is 8.47. The molecule has 30 heavy (non-hydrogen) atoms. The van der Waals surface area contributed by atoms with Gasteiger partial charge in [0.2, 0.25) is 0 Å². The topological polar surface area (TPSA) is 81.6 Å². The standard InChI is InChI=1S/C22H23BrN6O/c1-30-16-6-8-28(9-7-16)13-19-20(23)21(24)29-22(27-19)17(12-26-29)15-10-14-4-2-3-5-18(14)25-11-15/h2-5,10-12,16H,6-9,13,24H2,1H3. The highest BCUT2D eigenvalue weighted by Gasteiger charge is 2.22. The number of hydrogen-bond donors (Lipinski definition) is 1. The zero-order valence-corrected chi connectivity index (χ0v) is 18.3. The minimum Gasteiger partial charge on any atom is -0.383 e. The van der Waals surface area contributed by atoms with Crippen molar-refractivity contribution >= 4 is 38.3 Å². The second kappa shape index (κ2) is 7.94. The molecule has 0 atom stereocenters. The van der Waals surface area contributed by atoms with Crippen molar-refractivity contribution in [3.63, 3.8) is 0 Å². The van der Waals surface area contributed by atoms with E-state index in [0.29, 0.717) is 11.9 Å². The fraction of sp³-hybridized carbons (Fsp3) is 0.318. The predicted octanol–water partition coefficient (Wildman–Crippen LogP) is 3.90. The second-order valence-electron chi connectivity index (χ2n) is 7.68. The molecule has 7 nitrogen and oxygen atoms in total. The lowest BCUT2D eigenvalue weighted by atomic mass is 10.1. The van der Waals surface area contributed by atoms with Gasteiger partial charge in [-0.1, -0.05) is 18.2 Å². The summed E-state index contributed by atoms with van der Waals surface area (Å²) in [5, 5.41) is 5.57. The minimum absolute atomic E-state index is 0.354. The molecule has 4 heterocycles. The number of para-hydroxylation sites is 1. The Morgan fingerprint density at radius 2 is 2.00 bits per heavy atom. The van der Waals surface area contributed by atoms with Crippen molar-refractivity contribution in [2.75, 3.05) is 25.9 Å². The molecule has 0 aliphatic carbocycles. The first-order chi connectivity index (χ1) is 14.6. The molecule has 2 N–H and O–H groups in total. The quantitative estimate of drug-likeness (QED) is 0.491. The number of rotatable bonds is 4. The molecule has 5 rings (SSSR count). The summed E-state index contributed by atoms with van der Waals surface area (Å²) in [5.74, 6) is 0.557. The Morgan fingerprint density at radius 1 is 1.20 bits per heavy atom. The van der Waals surface area contributed by atoms with Crippen molar-refractivity contribution in [2.45, 2.75) is 25.5 Å². The number of piperidine rings is 1. The van der Waals surface area contributed by atoms with Gasteiger partial charge in [-0.2, -0.15) is 9.61 Å². The van der Waals surface area contributed by atoms with Gasteiger partial charge < -0.3 is 10.5 Å². The molecule has 8 heteroatoms. The van der Waals surface area contributed by atoms with Gasteiger partial charge in [-0.05, 0) is 40.9 Å². The zero-order chi connectivity index (χ0) is 20.7. The van der Waals surface area contributed by atoms with Gasteiger partial charge in [-0.3, -0.25) is 9.88 Å². The molecule has 1 aliphatic heterocycles. The summed E-state index contributed by atoms with van der Waals surface area (Å²) in [7, 11) is 1.79. The van der Waals surface area contributed by atoms with E-state index >= 15 is 0 Å². The number of nitrogen functional groups attached to an aromatic ring is 1. The zero-order valence-electron chi connectivity index (χ0n) is 16.8. The number of fused-ring (bicyclic) bond motifs is 2. The normalized spacial score (nSPS) is 15.9. The van der Waals surface area contributed by atoms with Crippen LogP contribution in [0.25, 0.3) is 27.7 Å². The Balaban J connectivity index is 1.53. The Morgan fingerprint density at radius 3 is 2.80 bits per heavy atom. The number of hydrogen-bond acceptors (Lipinski definition) is 6. The minimum atomic E-state index is 0.354. The van der Waals surface area contributed by atoms with Crippen molar-refractivity contribution in [1.29, 1.82) is 0 Å². The first-order valence-electron chi connectivity index (χ1n) is 10.1. The largest absolute Gasteiger partial charge is 0.383 e. The molecule has 4 aromatic rings. The van der Waals surface area contributed by atoms with Gasteiger partial charge in [0.1, 0.15) is 5.82 Å². The third-order valence-electron chi connectivity index (χ3n) is 5.83. The third kappa shape index (κ3) is 3.45. The number of ether oxygens (including phenoxy) is 1. The van der Waals surface area contributed by atoms with E-state index in [-0.39, 0.29) is 0 Å². The highest BCUT2D eigenvalue weighted by Crippen LogP contribution is 2.31. The highest BCUT2D eigenvalue weighted by atomic mass is 79.9. The molecule has 1 aromatic carbocycles. The molecule has 1 aliphatic rings. The number of anilines is 1. The molecule has 154 valence electrons. The fourth-order valence-electron chi connectivity index (χ4n) is 4.09. The van der Waals surface area contributed by atoms with E-state index in [2.05, 4.69) is 43.0 Å². The predicted molar refractivity (Wildman–Crippen MR) is 121 cm³/mol. The van der Waals surface area contributed by atoms with E-state index < -0.39 is 0 Å². The molecule has 0 radical (unpaired) electrons. The first kappa shape index (κ1) is 19.4. The number of nitrogens with zero attached hydrogens (tertiary/aromatic N) is 5. The van der Waals surface area contributed by atoms with Gasteiger partial charge >= 0.3 is 0 Å². The van der Waals surface area contributed by atoms with E-state index in [0.717, 1.165) is 70.3 Å². The maximum absolute atomic E-state index is 6.41. The molecule has 0 unspecified atom stereocenters. The highest BCUT2D eigenvalue weighted by molar-refractivity contribution is 9.10. The van der Waals surface area contributed by atoms with Crippen LogP contribution < -0.4 is 5.73 Å². The van der Waals surface area contributed by atoms with E-state index in [1.807, 2.05) is 30.6 Å². The van der Waals surface area contributed by atoms with Crippen LogP contribution in [0.2, 0.25) is 0 Å². The number of halogens is 1. The fourth-order valence-corrected chi connectivity index (χ4v) is 4.47. The number of nitrogens with two attached hydrogens (primary N) is 1. The Kier molecular flexibility index (Phi) is 5.14. The third-order valence-corrected chi connectivity index (χ3v) is 6.70. The first-order valence-corrected chi connectivity index (χ1v) is 10.8. The summed E-state index contributed by atoms with van der Waals surface area (Å²) >= 11 is 3.64. The molecule has 1 saturated heterocycles. The number of likely N-dealkylation sites (tertiary alicyclic amines) is 1. The molecular formula is C22H23BrN6O. The number of methoxy groups -OCH3 is 1. The molecule has 0 amide bonds. The van der Waals surface area contributed by atoms with Gasteiger partial charge in [-0.15, -0.1) is 0 Å². The monoisotopic (exact) mass is 466 g/mol. The summed E-state index contributed by atoms with van der Waals surface area (Å²) in [4.78, 5) is 11.9. The van der Waals surface area contributed by atoms with Crippen molar-refractivity contribution in [1.82, 2.24) is 24.5 Å². The van der Waals surface area contributed by atoms with Gasteiger partial charge in [-0.25, -0.2) is 4.98 Å². The van der Waals surface area contributed by atoms with Crippen LogP contribution in [-0.4, -0.2) is 50.8 Å². The number of pyridine rings is 1. The molecule has 0 bridgehead atoms. The van der Waals surface area contributed by atoms with Crippen LogP contribution in [0.4, 0.5) is 5.82 Å². The Hall–Kier alpha value is -2.55. The SMILES string of the molecule is COC1CCN(Cc2nc3c(-c4cnc5ccccc5c4)cnn3c(N)c2Br)CC1. The average molecular weight is 467 g/mol. The Bertz CT molecular complexity index is 1220. The van der Waals surface area contributed by atoms with Crippen LogP contribution in [0.1, 0.15) is 18.5 Å². The van der Waals surface area contributed by atoms with Crippen LogP contribution >= 0.6 is 15.9 Å². The van der Waals surface area contributed by atoms with Crippen LogP contribution in [0.3, 0.4) is 0 Å². The van der Waals surface area contributed by atoms with Crippen LogP contribution in [0.15, 0.2) is 47.2 Å². The maximum atomic E-state index is 6.41. The van der Waals surface area contributed by atoms with Crippen LogP contribution in [-0.2, 0) is 11.3 Å².